The summed E-state index contributed by atoms with van der Waals surface area (Å²) in [6, 6.07) is 0. The maximum atomic E-state index is 12.9. The van der Waals surface area contributed by atoms with E-state index in [1.54, 1.807) is 0 Å². The zero-order valence-electron chi connectivity index (χ0n) is 20.7. The maximum Gasteiger partial charge on any atom is 0.223 e. The first-order chi connectivity index (χ1) is 14.1. The molecule has 178 valence electrons. The summed E-state index contributed by atoms with van der Waals surface area (Å²) in [5.41, 5.74) is 0.397. The van der Waals surface area contributed by atoms with Gasteiger partial charge in [0.15, 0.2) is 0 Å². The summed E-state index contributed by atoms with van der Waals surface area (Å²) in [6.07, 6.45) is 10.2. The molecule has 6 atom stereocenters. The number of carbonyl (C=O) groups is 1. The molecule has 4 aliphatic rings. The van der Waals surface area contributed by atoms with Gasteiger partial charge in [-0.25, -0.2) is 0 Å². The van der Waals surface area contributed by atoms with Crippen molar-refractivity contribution in [3.8, 4) is 0 Å². The third-order valence-corrected chi connectivity index (χ3v) is 10.8. The Balaban J connectivity index is 1.60. The molecule has 2 heterocycles. The van der Waals surface area contributed by atoms with Gasteiger partial charge in [0, 0.05) is 19.8 Å². The lowest BCUT2D eigenvalue weighted by Gasteiger charge is -2.47. The molecular weight excluding hydrogens is 612 g/mol. The Bertz CT molecular complexity index is 724. The quantitative estimate of drug-likeness (QED) is 0.158. The minimum absolute atomic E-state index is 0.0337. The number of fused-ring (bicyclic) bond motifs is 1. The van der Waals surface area contributed by atoms with Gasteiger partial charge in [-0.1, -0.05) is 93.6 Å². The second-order valence-electron chi connectivity index (χ2n) is 13.1. The van der Waals surface area contributed by atoms with E-state index in [1.807, 2.05) is 0 Å². The van der Waals surface area contributed by atoms with Crippen molar-refractivity contribution in [3.63, 3.8) is 0 Å². The van der Waals surface area contributed by atoms with Crippen LogP contribution >= 0.6 is 45.2 Å². The van der Waals surface area contributed by atoms with E-state index in [4.69, 9.17) is 4.74 Å². The largest absolute Gasteiger partial charge is 0.370 e. The number of nitrogens with zero attached hydrogens (tertiary/aromatic N) is 1. The monoisotopic (exact) mass is 655 g/mol. The number of hydrogen-bond donors (Lipinski definition) is 0. The number of alkyl halides is 2. The third-order valence-electron chi connectivity index (χ3n) is 9.57. The lowest BCUT2D eigenvalue weighted by molar-refractivity contribution is -0.132. The summed E-state index contributed by atoms with van der Waals surface area (Å²) >= 11 is 5.32. The lowest BCUT2D eigenvalue weighted by Crippen LogP contribution is -2.49. The summed E-state index contributed by atoms with van der Waals surface area (Å²) in [7, 11) is 0. The van der Waals surface area contributed by atoms with E-state index in [9.17, 15) is 4.79 Å². The number of halogens is 2. The van der Waals surface area contributed by atoms with Crippen LogP contribution in [0.3, 0.4) is 0 Å². The topological polar surface area (TPSA) is 32.8 Å². The van der Waals surface area contributed by atoms with E-state index in [1.165, 1.54) is 25.7 Å². The van der Waals surface area contributed by atoms with E-state index in [0.29, 0.717) is 24.0 Å². The molecule has 2 aliphatic carbocycles. The van der Waals surface area contributed by atoms with Gasteiger partial charge in [-0.05, 0) is 67.6 Å². The van der Waals surface area contributed by atoms with Crippen molar-refractivity contribution >= 4 is 51.1 Å². The SMILES string of the molecule is CC(C)(I)CC1(N2CCCC2=O)CC1(C)C(C)(C)CC(C1CCC2OC2C1)C(C)(C)I. The Morgan fingerprint density at radius 1 is 1.13 bits per heavy atom. The highest BCUT2D eigenvalue weighted by molar-refractivity contribution is 14.1. The molecule has 6 unspecified atom stereocenters. The Kier molecular flexibility index (Phi) is 6.42. The van der Waals surface area contributed by atoms with Crippen LogP contribution in [0.4, 0.5) is 0 Å². The van der Waals surface area contributed by atoms with Crippen molar-refractivity contribution in [1.29, 1.82) is 0 Å². The van der Waals surface area contributed by atoms with E-state index in [-0.39, 0.29) is 23.2 Å². The second-order valence-corrected chi connectivity index (χ2v) is 18.8. The highest BCUT2D eigenvalue weighted by Crippen LogP contribution is 2.73. The normalized spacial score (nSPS) is 39.5. The van der Waals surface area contributed by atoms with Crippen LogP contribution in [0, 0.1) is 22.7 Å². The molecule has 0 spiro atoms. The van der Waals surface area contributed by atoms with Crippen molar-refractivity contribution in [2.24, 2.45) is 22.7 Å². The molecule has 5 heteroatoms. The Morgan fingerprint density at radius 3 is 2.32 bits per heavy atom. The van der Waals surface area contributed by atoms with Crippen LogP contribution in [0.5, 0.6) is 0 Å². The maximum absolute atomic E-state index is 12.9. The van der Waals surface area contributed by atoms with E-state index < -0.39 is 0 Å². The van der Waals surface area contributed by atoms with Gasteiger partial charge in [-0.2, -0.15) is 0 Å². The van der Waals surface area contributed by atoms with Crippen LogP contribution in [0.1, 0.15) is 99.8 Å². The highest BCUT2D eigenvalue weighted by atomic mass is 127. The fraction of sp³-hybridized carbons (Fsp3) is 0.962. The second kappa shape index (κ2) is 7.96. The van der Waals surface area contributed by atoms with Crippen molar-refractivity contribution in [3.05, 3.63) is 0 Å². The minimum Gasteiger partial charge on any atom is -0.370 e. The number of rotatable bonds is 8. The number of amides is 1. The third kappa shape index (κ3) is 4.60. The first kappa shape index (κ1) is 25.0. The van der Waals surface area contributed by atoms with E-state index in [2.05, 4.69) is 98.5 Å². The number of likely N-dealkylation sites (tertiary alicyclic amines) is 1. The first-order valence-electron chi connectivity index (χ1n) is 12.4. The fourth-order valence-electron chi connectivity index (χ4n) is 7.50. The van der Waals surface area contributed by atoms with Crippen LogP contribution < -0.4 is 0 Å². The van der Waals surface area contributed by atoms with Gasteiger partial charge >= 0.3 is 0 Å². The average molecular weight is 655 g/mol. The zero-order valence-corrected chi connectivity index (χ0v) is 25.0. The average Bonchev–Trinajstić information content (AvgIpc) is 3.45. The molecule has 2 aliphatic heterocycles. The van der Waals surface area contributed by atoms with Crippen LogP contribution in [0.2, 0.25) is 0 Å². The number of epoxide rings is 1. The molecular formula is C26H43I2NO2. The molecule has 0 bridgehead atoms. The molecule has 0 aromatic carbocycles. The van der Waals surface area contributed by atoms with Gasteiger partial charge < -0.3 is 9.64 Å². The predicted molar refractivity (Wildman–Crippen MR) is 145 cm³/mol. The molecule has 31 heavy (non-hydrogen) atoms. The van der Waals surface area contributed by atoms with Crippen molar-refractivity contribution in [1.82, 2.24) is 4.90 Å². The van der Waals surface area contributed by atoms with Gasteiger partial charge in [-0.3, -0.25) is 4.79 Å². The highest BCUT2D eigenvalue weighted by Gasteiger charge is 2.74. The summed E-state index contributed by atoms with van der Waals surface area (Å²) in [5, 5.41) is 0. The smallest absolute Gasteiger partial charge is 0.223 e. The van der Waals surface area contributed by atoms with Gasteiger partial charge in [0.25, 0.3) is 0 Å². The van der Waals surface area contributed by atoms with E-state index >= 15 is 0 Å². The van der Waals surface area contributed by atoms with Crippen LogP contribution in [0.15, 0.2) is 0 Å². The predicted octanol–water partition coefficient (Wildman–Crippen LogP) is 7.17. The Morgan fingerprint density at radius 2 is 1.81 bits per heavy atom. The number of hydrogen-bond acceptors (Lipinski definition) is 2. The molecule has 0 aromatic heterocycles. The molecule has 3 nitrogen and oxygen atoms in total. The summed E-state index contributed by atoms with van der Waals surface area (Å²) in [6.45, 7) is 18.1. The minimum atomic E-state index is 0.0337. The first-order valence-corrected chi connectivity index (χ1v) is 14.6. The summed E-state index contributed by atoms with van der Waals surface area (Å²) in [5.74, 6) is 1.85. The van der Waals surface area contributed by atoms with Crippen molar-refractivity contribution in [2.45, 2.75) is 124 Å². The number of ether oxygens (including phenoxy) is 1. The summed E-state index contributed by atoms with van der Waals surface area (Å²) < 4.78 is 6.36. The Hall–Kier alpha value is 0.890. The van der Waals surface area contributed by atoms with Gasteiger partial charge in [0.05, 0.1) is 17.7 Å². The molecule has 0 N–H and O–H groups in total. The molecule has 2 saturated carbocycles. The van der Waals surface area contributed by atoms with Gasteiger partial charge in [0.2, 0.25) is 5.91 Å². The van der Waals surface area contributed by atoms with Crippen LogP contribution in [-0.2, 0) is 9.53 Å². The van der Waals surface area contributed by atoms with Crippen LogP contribution in [0.25, 0.3) is 0 Å². The Labute approximate surface area is 217 Å². The molecule has 2 saturated heterocycles. The summed E-state index contributed by atoms with van der Waals surface area (Å²) in [4.78, 5) is 15.3. The molecule has 1 amide bonds. The van der Waals surface area contributed by atoms with E-state index in [0.717, 1.165) is 38.1 Å². The zero-order chi connectivity index (χ0) is 23.0. The number of carbonyl (C=O) groups excluding carboxylic acids is 1. The molecule has 4 fully saturated rings. The lowest BCUT2D eigenvalue weighted by atomic mass is 9.62. The van der Waals surface area contributed by atoms with Crippen molar-refractivity contribution < 1.29 is 9.53 Å². The van der Waals surface area contributed by atoms with Crippen molar-refractivity contribution in [2.75, 3.05) is 6.54 Å². The van der Waals surface area contributed by atoms with Gasteiger partial charge in [-0.15, -0.1) is 0 Å². The molecule has 0 aromatic rings. The fourth-order valence-corrected chi connectivity index (χ4v) is 8.86. The van der Waals surface area contributed by atoms with Crippen LogP contribution in [-0.4, -0.2) is 41.9 Å². The molecule has 0 radical (unpaired) electrons. The molecule has 4 rings (SSSR count). The standard InChI is InChI=1S/C26H43I2NO2/c1-22(2,14-18(24(5,6)28)17-10-11-19-20(13-17)31-19)25(7)16-26(25,15-23(3,4)27)29-12-8-9-21(29)30/h17-20H,8-16H2,1-7H3. The van der Waals surface area contributed by atoms with Gasteiger partial charge in [0.1, 0.15) is 0 Å².